The third-order valence-corrected chi connectivity index (χ3v) is 3.12. The van der Waals surface area contributed by atoms with E-state index in [1.165, 1.54) is 6.20 Å². The van der Waals surface area contributed by atoms with Crippen LogP contribution >= 0.6 is 11.6 Å². The lowest BCUT2D eigenvalue weighted by Gasteiger charge is -2.28. The second-order valence-electron chi connectivity index (χ2n) is 4.85. The molecule has 1 atom stereocenters. The third-order valence-electron chi connectivity index (χ3n) is 2.89. The highest BCUT2D eigenvalue weighted by molar-refractivity contribution is 6.29. The fourth-order valence-electron chi connectivity index (χ4n) is 1.82. The summed E-state index contributed by atoms with van der Waals surface area (Å²) in [5.41, 5.74) is 0.528. The van der Waals surface area contributed by atoms with Gasteiger partial charge < -0.3 is 10.2 Å². The third kappa shape index (κ3) is 4.27. The number of hydrogen-bond acceptors (Lipinski definition) is 3. The van der Waals surface area contributed by atoms with Gasteiger partial charge in [-0.05, 0) is 32.1 Å². The molecule has 0 bridgehead atoms. The summed E-state index contributed by atoms with van der Waals surface area (Å²) in [6.45, 7) is 4.90. The van der Waals surface area contributed by atoms with Gasteiger partial charge in [-0.25, -0.2) is 4.98 Å². The van der Waals surface area contributed by atoms with Crippen molar-refractivity contribution in [2.24, 2.45) is 5.92 Å². The number of nitrogens with one attached hydrogen (secondary N) is 1. The zero-order valence-electron chi connectivity index (χ0n) is 11.3. The van der Waals surface area contributed by atoms with Crippen molar-refractivity contribution < 1.29 is 4.79 Å². The van der Waals surface area contributed by atoms with Crippen LogP contribution in [0.25, 0.3) is 0 Å². The fraction of sp³-hybridized carbons (Fsp3) is 0.538. The highest BCUT2D eigenvalue weighted by Crippen LogP contribution is 2.08. The molecule has 1 rings (SSSR count). The number of aromatic nitrogens is 1. The van der Waals surface area contributed by atoms with Crippen LogP contribution in [0.3, 0.4) is 0 Å². The fourth-order valence-corrected chi connectivity index (χ4v) is 1.94. The first-order valence-electron chi connectivity index (χ1n) is 5.98. The number of carbonyl (C=O) groups is 1. The van der Waals surface area contributed by atoms with E-state index in [-0.39, 0.29) is 5.91 Å². The van der Waals surface area contributed by atoms with E-state index in [2.05, 4.69) is 29.0 Å². The van der Waals surface area contributed by atoms with Crippen LogP contribution in [0.4, 0.5) is 0 Å². The number of amides is 1. The van der Waals surface area contributed by atoms with Crippen molar-refractivity contribution in [2.45, 2.75) is 19.9 Å². The maximum Gasteiger partial charge on any atom is 0.252 e. The Morgan fingerprint density at radius 1 is 1.44 bits per heavy atom. The van der Waals surface area contributed by atoms with Crippen LogP contribution in [-0.4, -0.2) is 42.5 Å². The van der Waals surface area contributed by atoms with Crippen LogP contribution in [0, 0.1) is 5.92 Å². The summed E-state index contributed by atoms with van der Waals surface area (Å²) in [6, 6.07) is 3.60. The first-order valence-corrected chi connectivity index (χ1v) is 6.35. The van der Waals surface area contributed by atoms with Crippen LogP contribution < -0.4 is 5.32 Å². The molecule has 5 heteroatoms. The van der Waals surface area contributed by atoms with Crippen molar-refractivity contribution in [3.05, 3.63) is 29.0 Å². The molecule has 1 heterocycles. The summed E-state index contributed by atoms with van der Waals surface area (Å²) >= 11 is 5.68. The van der Waals surface area contributed by atoms with Gasteiger partial charge in [-0.3, -0.25) is 4.79 Å². The minimum absolute atomic E-state index is 0.119. The smallest absolute Gasteiger partial charge is 0.252 e. The molecule has 18 heavy (non-hydrogen) atoms. The van der Waals surface area contributed by atoms with E-state index >= 15 is 0 Å². The van der Waals surface area contributed by atoms with Crippen molar-refractivity contribution in [3.8, 4) is 0 Å². The number of hydrogen-bond donors (Lipinski definition) is 1. The predicted octanol–water partition coefficient (Wildman–Crippen LogP) is 2.05. The van der Waals surface area contributed by atoms with Gasteiger partial charge in [0.05, 0.1) is 5.56 Å². The second-order valence-corrected chi connectivity index (χ2v) is 5.24. The van der Waals surface area contributed by atoms with Crippen LogP contribution in [-0.2, 0) is 0 Å². The molecule has 0 saturated heterocycles. The minimum atomic E-state index is -0.119. The Morgan fingerprint density at radius 2 is 2.11 bits per heavy atom. The average Bonchev–Trinajstić information content (AvgIpc) is 2.28. The molecule has 0 saturated carbocycles. The largest absolute Gasteiger partial charge is 0.350 e. The predicted molar refractivity (Wildman–Crippen MR) is 73.9 cm³/mol. The number of rotatable bonds is 5. The van der Waals surface area contributed by atoms with Crippen LogP contribution in [0.5, 0.6) is 0 Å². The van der Waals surface area contributed by atoms with E-state index < -0.39 is 0 Å². The van der Waals surface area contributed by atoms with Crippen molar-refractivity contribution in [1.29, 1.82) is 0 Å². The Morgan fingerprint density at radius 3 is 2.56 bits per heavy atom. The summed E-state index contributed by atoms with van der Waals surface area (Å²) < 4.78 is 0. The molecule has 1 aromatic rings. The SMILES string of the molecule is CC(C)C(CNC(=O)c1ccc(Cl)nc1)N(C)C. The molecule has 1 amide bonds. The van der Waals surface area contributed by atoms with E-state index in [1.807, 2.05) is 14.1 Å². The lowest BCUT2D eigenvalue weighted by Crippen LogP contribution is -2.43. The lowest BCUT2D eigenvalue weighted by molar-refractivity contribution is 0.0934. The highest BCUT2D eigenvalue weighted by atomic mass is 35.5. The van der Waals surface area contributed by atoms with Gasteiger partial charge in [0.2, 0.25) is 0 Å². The standard InChI is InChI=1S/C13H20ClN3O/c1-9(2)11(17(3)4)8-16-13(18)10-5-6-12(14)15-7-10/h5-7,9,11H,8H2,1-4H3,(H,16,18). The van der Waals surface area contributed by atoms with Gasteiger partial charge in [-0.1, -0.05) is 25.4 Å². The molecule has 0 aliphatic rings. The first-order chi connectivity index (χ1) is 8.41. The van der Waals surface area contributed by atoms with Crippen molar-refractivity contribution in [3.63, 3.8) is 0 Å². The molecule has 4 nitrogen and oxygen atoms in total. The van der Waals surface area contributed by atoms with Crippen LogP contribution in [0.1, 0.15) is 24.2 Å². The van der Waals surface area contributed by atoms with Crippen molar-refractivity contribution in [2.75, 3.05) is 20.6 Å². The molecule has 1 unspecified atom stereocenters. The topological polar surface area (TPSA) is 45.2 Å². The van der Waals surface area contributed by atoms with Crippen molar-refractivity contribution >= 4 is 17.5 Å². The summed E-state index contributed by atoms with van der Waals surface area (Å²) in [7, 11) is 4.03. The molecule has 0 aliphatic heterocycles. The van der Waals surface area contributed by atoms with Crippen molar-refractivity contribution in [1.82, 2.24) is 15.2 Å². The summed E-state index contributed by atoms with van der Waals surface area (Å²) in [4.78, 5) is 17.9. The Bertz CT molecular complexity index is 382. The minimum Gasteiger partial charge on any atom is -0.350 e. The summed E-state index contributed by atoms with van der Waals surface area (Å²) in [5.74, 6) is 0.357. The number of halogens is 1. The van der Waals surface area contributed by atoms with E-state index in [0.29, 0.717) is 29.2 Å². The number of nitrogens with zero attached hydrogens (tertiary/aromatic N) is 2. The molecular weight excluding hydrogens is 250 g/mol. The van der Waals surface area contributed by atoms with Gasteiger partial charge in [0, 0.05) is 18.8 Å². The van der Waals surface area contributed by atoms with E-state index in [4.69, 9.17) is 11.6 Å². The lowest BCUT2D eigenvalue weighted by atomic mass is 10.0. The Hall–Kier alpha value is -1.13. The Kier molecular flexibility index (Phi) is 5.56. The van der Waals surface area contributed by atoms with Gasteiger partial charge in [0.15, 0.2) is 0 Å². The van der Waals surface area contributed by atoms with Gasteiger partial charge >= 0.3 is 0 Å². The molecule has 0 aromatic carbocycles. The Balaban J connectivity index is 2.57. The molecule has 0 spiro atoms. The van der Waals surface area contributed by atoms with Crippen LogP contribution in [0.15, 0.2) is 18.3 Å². The normalized spacial score (nSPS) is 12.8. The molecule has 1 N–H and O–H groups in total. The van der Waals surface area contributed by atoms with Gasteiger partial charge in [0.25, 0.3) is 5.91 Å². The molecule has 0 radical (unpaired) electrons. The highest BCUT2D eigenvalue weighted by Gasteiger charge is 2.17. The maximum atomic E-state index is 11.9. The van der Waals surface area contributed by atoms with Gasteiger partial charge in [-0.15, -0.1) is 0 Å². The zero-order chi connectivity index (χ0) is 13.7. The van der Waals surface area contributed by atoms with E-state index in [0.717, 1.165) is 0 Å². The molecule has 100 valence electrons. The number of carbonyl (C=O) groups excluding carboxylic acids is 1. The van der Waals surface area contributed by atoms with E-state index in [1.54, 1.807) is 12.1 Å². The first kappa shape index (κ1) is 14.9. The van der Waals surface area contributed by atoms with E-state index in [9.17, 15) is 4.79 Å². The van der Waals surface area contributed by atoms with Gasteiger partial charge in [-0.2, -0.15) is 0 Å². The number of likely N-dealkylation sites (N-methyl/N-ethyl adjacent to an activating group) is 1. The monoisotopic (exact) mass is 269 g/mol. The molecule has 0 aliphatic carbocycles. The number of pyridine rings is 1. The quantitative estimate of drug-likeness (QED) is 0.832. The second kappa shape index (κ2) is 6.71. The molecular formula is C13H20ClN3O. The maximum absolute atomic E-state index is 11.9. The molecule has 1 aromatic heterocycles. The molecule has 0 fully saturated rings. The Labute approximate surface area is 113 Å². The summed E-state index contributed by atoms with van der Waals surface area (Å²) in [5, 5.41) is 3.31. The van der Waals surface area contributed by atoms with Crippen LogP contribution in [0.2, 0.25) is 5.15 Å². The zero-order valence-corrected chi connectivity index (χ0v) is 12.0. The van der Waals surface area contributed by atoms with Gasteiger partial charge in [0.1, 0.15) is 5.15 Å². The average molecular weight is 270 g/mol. The summed E-state index contributed by atoms with van der Waals surface area (Å²) in [6.07, 6.45) is 1.48.